The van der Waals surface area contributed by atoms with E-state index in [4.69, 9.17) is 15.9 Å². The molecule has 154 valence electrons. The standard InChI is InChI=1S/C20H15BrO4.C6H4/c1-3-18-15(6-4-8-19(18)21)7-5-13-24-16-9-11-17(12-10-16)25-14-20(22)23-2;1-2-5-4-6(5)3-1/h1,4,6,8-12H,13-14H2,2H3;1-4H. The number of benzene rings is 3. The van der Waals surface area contributed by atoms with Gasteiger partial charge >= 0.3 is 5.97 Å². The Balaban J connectivity index is 0.000000381. The van der Waals surface area contributed by atoms with Gasteiger partial charge in [-0.15, -0.1) is 6.42 Å². The summed E-state index contributed by atoms with van der Waals surface area (Å²) in [5.41, 5.74) is 4.35. The van der Waals surface area contributed by atoms with Crippen molar-refractivity contribution >= 4 is 21.9 Å². The monoisotopic (exact) mass is 474 g/mol. The predicted octanol–water partition coefficient (Wildman–Crippen LogP) is 5.08. The molecule has 2 aromatic carbocycles. The Kier molecular flexibility index (Phi) is 7.76. The van der Waals surface area contributed by atoms with E-state index in [2.05, 4.69) is 62.7 Å². The molecule has 0 atom stereocenters. The molecule has 0 heterocycles. The Morgan fingerprint density at radius 1 is 0.968 bits per heavy atom. The van der Waals surface area contributed by atoms with Crippen molar-refractivity contribution in [2.24, 2.45) is 0 Å². The van der Waals surface area contributed by atoms with Gasteiger partial charge in [0, 0.05) is 10.0 Å². The average Bonchev–Trinajstić information content (AvgIpc) is 3.40. The summed E-state index contributed by atoms with van der Waals surface area (Å²) >= 11 is 3.40. The summed E-state index contributed by atoms with van der Waals surface area (Å²) in [6.07, 6.45) is 5.49. The molecule has 0 radical (unpaired) electrons. The molecule has 0 bridgehead atoms. The minimum atomic E-state index is -0.436. The maximum atomic E-state index is 11.0. The SMILES string of the molecule is C#Cc1c(Br)cccc1C#CCOc1ccc(OCC(=O)OC)cc1.c1cc2cc-2c1. The summed E-state index contributed by atoms with van der Waals surface area (Å²) in [6.45, 7) is 0.0885. The van der Waals surface area contributed by atoms with Gasteiger partial charge in [0.1, 0.15) is 18.1 Å². The van der Waals surface area contributed by atoms with Crippen LogP contribution in [0.2, 0.25) is 0 Å². The van der Waals surface area contributed by atoms with Gasteiger partial charge in [-0.05, 0) is 69.5 Å². The van der Waals surface area contributed by atoms with Crippen LogP contribution in [0.4, 0.5) is 0 Å². The molecule has 0 saturated carbocycles. The molecule has 4 rings (SSSR count). The van der Waals surface area contributed by atoms with Crippen LogP contribution in [0.1, 0.15) is 11.1 Å². The van der Waals surface area contributed by atoms with Gasteiger partial charge < -0.3 is 14.2 Å². The summed E-state index contributed by atoms with van der Waals surface area (Å²) in [5, 5.41) is 0. The van der Waals surface area contributed by atoms with Crippen molar-refractivity contribution in [1.29, 1.82) is 0 Å². The molecule has 0 aromatic heterocycles. The van der Waals surface area contributed by atoms with Gasteiger partial charge in [0.2, 0.25) is 0 Å². The highest BCUT2D eigenvalue weighted by Crippen LogP contribution is 2.32. The highest BCUT2D eigenvalue weighted by Gasteiger charge is 2.07. The Morgan fingerprint density at radius 3 is 2.16 bits per heavy atom. The maximum Gasteiger partial charge on any atom is 0.343 e. The molecule has 0 N–H and O–H groups in total. The second-order valence-corrected chi connectivity index (χ2v) is 7.17. The second kappa shape index (κ2) is 10.9. The van der Waals surface area contributed by atoms with E-state index in [0.29, 0.717) is 11.5 Å². The lowest BCUT2D eigenvalue weighted by atomic mass is 10.1. The zero-order valence-corrected chi connectivity index (χ0v) is 18.4. The first-order chi connectivity index (χ1) is 15.1. The number of fused-ring (bicyclic) bond motifs is 1. The maximum absolute atomic E-state index is 11.0. The van der Waals surface area contributed by atoms with E-state index in [1.54, 1.807) is 24.3 Å². The lowest BCUT2D eigenvalue weighted by Crippen LogP contribution is -2.12. The van der Waals surface area contributed by atoms with Gasteiger partial charge in [0.05, 0.1) is 12.7 Å². The third kappa shape index (κ3) is 6.67. The summed E-state index contributed by atoms with van der Waals surface area (Å²) in [7, 11) is 1.31. The van der Waals surface area contributed by atoms with E-state index >= 15 is 0 Å². The quantitative estimate of drug-likeness (QED) is 0.298. The van der Waals surface area contributed by atoms with E-state index < -0.39 is 5.97 Å². The number of terminal acetylenes is 1. The van der Waals surface area contributed by atoms with Crippen molar-refractivity contribution in [3.63, 3.8) is 0 Å². The Bertz CT molecular complexity index is 1150. The minimum absolute atomic E-state index is 0.133. The zero-order chi connectivity index (χ0) is 22.1. The lowest BCUT2D eigenvalue weighted by molar-refractivity contribution is -0.142. The summed E-state index contributed by atoms with van der Waals surface area (Å²) in [4.78, 5) is 11.0. The van der Waals surface area contributed by atoms with E-state index in [-0.39, 0.29) is 13.2 Å². The normalized spacial score (nSPS) is 9.71. The molecular weight excluding hydrogens is 456 g/mol. The molecule has 2 aliphatic rings. The second-order valence-electron chi connectivity index (χ2n) is 6.31. The fourth-order valence-electron chi connectivity index (χ4n) is 2.53. The van der Waals surface area contributed by atoms with Gasteiger partial charge in [-0.1, -0.05) is 42.0 Å². The van der Waals surface area contributed by atoms with Crippen molar-refractivity contribution in [3.8, 4) is 46.8 Å². The van der Waals surface area contributed by atoms with Gasteiger partial charge in [-0.25, -0.2) is 4.79 Å². The molecule has 2 aliphatic carbocycles. The number of hydrogen-bond donors (Lipinski definition) is 0. The van der Waals surface area contributed by atoms with E-state index in [9.17, 15) is 4.79 Å². The highest BCUT2D eigenvalue weighted by molar-refractivity contribution is 9.10. The van der Waals surface area contributed by atoms with Crippen LogP contribution in [0.15, 0.2) is 71.2 Å². The molecule has 0 amide bonds. The third-order valence-electron chi connectivity index (χ3n) is 4.21. The van der Waals surface area contributed by atoms with Crippen LogP contribution in [0.5, 0.6) is 11.5 Å². The number of hydrogen-bond acceptors (Lipinski definition) is 4. The van der Waals surface area contributed by atoms with Gasteiger partial charge in [-0.3, -0.25) is 0 Å². The smallest absolute Gasteiger partial charge is 0.343 e. The van der Waals surface area contributed by atoms with Crippen molar-refractivity contribution in [2.45, 2.75) is 0 Å². The molecule has 0 aliphatic heterocycles. The highest BCUT2D eigenvalue weighted by atomic mass is 79.9. The van der Waals surface area contributed by atoms with E-state index in [0.717, 1.165) is 15.6 Å². The molecule has 0 fully saturated rings. The first-order valence-corrected chi connectivity index (χ1v) is 10.2. The largest absolute Gasteiger partial charge is 0.482 e. The number of carbonyl (C=O) groups is 1. The fourth-order valence-corrected chi connectivity index (χ4v) is 3.02. The molecule has 4 nitrogen and oxygen atoms in total. The first kappa shape index (κ1) is 22.0. The topological polar surface area (TPSA) is 44.8 Å². The number of ether oxygens (including phenoxy) is 3. The molecule has 2 aromatic rings. The first-order valence-electron chi connectivity index (χ1n) is 9.37. The Morgan fingerprint density at radius 2 is 1.61 bits per heavy atom. The summed E-state index contributed by atoms with van der Waals surface area (Å²) in [6, 6.07) is 21.0. The average molecular weight is 475 g/mol. The summed E-state index contributed by atoms with van der Waals surface area (Å²) in [5.74, 6) is 9.31. The van der Waals surface area contributed by atoms with Crippen LogP contribution >= 0.6 is 15.9 Å². The van der Waals surface area contributed by atoms with Gasteiger partial charge in [0.25, 0.3) is 0 Å². The predicted molar refractivity (Wildman–Crippen MR) is 124 cm³/mol. The van der Waals surface area contributed by atoms with Gasteiger partial charge in [0.15, 0.2) is 6.61 Å². The number of esters is 1. The van der Waals surface area contributed by atoms with E-state index in [1.807, 2.05) is 18.2 Å². The number of methoxy groups -OCH3 is 1. The Hall–Kier alpha value is -3.67. The van der Waals surface area contributed by atoms with Crippen molar-refractivity contribution in [2.75, 3.05) is 20.3 Å². The fraction of sp³-hybridized carbons (Fsp3) is 0.115. The van der Waals surface area contributed by atoms with Crippen LogP contribution in [-0.2, 0) is 9.53 Å². The number of rotatable bonds is 5. The molecule has 31 heavy (non-hydrogen) atoms. The van der Waals surface area contributed by atoms with Crippen LogP contribution in [0.3, 0.4) is 0 Å². The minimum Gasteiger partial charge on any atom is -0.482 e. The number of halogens is 1. The molecule has 5 heteroatoms. The van der Waals surface area contributed by atoms with Gasteiger partial charge in [-0.2, -0.15) is 0 Å². The van der Waals surface area contributed by atoms with Crippen LogP contribution in [-0.4, -0.2) is 26.3 Å². The third-order valence-corrected chi connectivity index (χ3v) is 4.87. The van der Waals surface area contributed by atoms with Crippen molar-refractivity contribution in [1.82, 2.24) is 0 Å². The van der Waals surface area contributed by atoms with Crippen molar-refractivity contribution in [3.05, 3.63) is 82.3 Å². The summed E-state index contributed by atoms with van der Waals surface area (Å²) < 4.78 is 16.1. The van der Waals surface area contributed by atoms with E-state index in [1.165, 1.54) is 18.2 Å². The van der Waals surface area contributed by atoms with Crippen molar-refractivity contribution < 1.29 is 19.0 Å². The molecule has 0 saturated heterocycles. The molecule has 0 unspecified atom stereocenters. The van der Waals surface area contributed by atoms with Crippen LogP contribution < -0.4 is 9.47 Å². The number of carbonyl (C=O) groups excluding carboxylic acids is 1. The molecular formula is C26H19BrO4. The molecule has 0 spiro atoms. The lowest BCUT2D eigenvalue weighted by Gasteiger charge is -2.06. The zero-order valence-electron chi connectivity index (χ0n) is 16.9. The Labute approximate surface area is 190 Å². The van der Waals surface area contributed by atoms with Crippen LogP contribution in [0, 0.1) is 24.2 Å². The van der Waals surface area contributed by atoms with Crippen LogP contribution in [0.25, 0.3) is 11.1 Å².